The first-order valence-electron chi connectivity index (χ1n) is 13.5. The van der Waals surface area contributed by atoms with Crippen molar-refractivity contribution in [2.75, 3.05) is 13.2 Å². The van der Waals surface area contributed by atoms with Crippen LogP contribution in [0.15, 0.2) is 98.1 Å². The zero-order valence-electron chi connectivity index (χ0n) is 22.2. The first-order chi connectivity index (χ1) is 18.6. The summed E-state index contributed by atoms with van der Waals surface area (Å²) < 4.78 is 10.0. The van der Waals surface area contributed by atoms with Gasteiger partial charge in [-0.05, 0) is 84.7 Å². The van der Waals surface area contributed by atoms with E-state index in [0.29, 0.717) is 13.2 Å². The van der Waals surface area contributed by atoms with Gasteiger partial charge in [0.25, 0.3) is 0 Å². The lowest BCUT2D eigenvalue weighted by molar-refractivity contribution is -0.138. The van der Waals surface area contributed by atoms with Crippen LogP contribution < -0.4 is 0 Å². The fourth-order valence-electron chi connectivity index (χ4n) is 4.26. The van der Waals surface area contributed by atoms with Crippen molar-refractivity contribution in [3.05, 3.63) is 109 Å². The summed E-state index contributed by atoms with van der Waals surface area (Å²) in [5.41, 5.74) is 7.49. The Morgan fingerprint density at radius 2 is 0.816 bits per heavy atom. The van der Waals surface area contributed by atoms with Crippen LogP contribution in [-0.4, -0.2) is 25.2 Å². The maximum atomic E-state index is 11.0. The summed E-state index contributed by atoms with van der Waals surface area (Å²) in [6.45, 7) is 7.72. The van der Waals surface area contributed by atoms with Gasteiger partial charge in [-0.25, -0.2) is 9.59 Å². The molecule has 4 nitrogen and oxygen atoms in total. The number of carbonyl (C=O) groups is 2. The SMILES string of the molecule is C=CC(=O)OCCCCCc1ccc(-c2ccc(-c3ccc(CCCCCOC(=O)C=C)cc3)cc2)cc1. The van der Waals surface area contributed by atoms with E-state index in [1.165, 1.54) is 45.5 Å². The molecule has 0 radical (unpaired) electrons. The van der Waals surface area contributed by atoms with Crippen LogP contribution in [0.1, 0.15) is 49.7 Å². The Hall–Kier alpha value is -3.92. The first kappa shape index (κ1) is 28.6. The fourth-order valence-corrected chi connectivity index (χ4v) is 4.26. The molecule has 0 aliphatic heterocycles. The zero-order valence-corrected chi connectivity index (χ0v) is 22.2. The van der Waals surface area contributed by atoms with Crippen LogP contribution in [0.5, 0.6) is 0 Å². The molecule has 0 saturated carbocycles. The molecule has 0 atom stereocenters. The van der Waals surface area contributed by atoms with E-state index in [1.54, 1.807) is 0 Å². The van der Waals surface area contributed by atoms with E-state index in [1.807, 2.05) is 0 Å². The monoisotopic (exact) mass is 510 g/mol. The molecule has 0 aliphatic rings. The van der Waals surface area contributed by atoms with Crippen molar-refractivity contribution in [3.63, 3.8) is 0 Å². The van der Waals surface area contributed by atoms with Crippen molar-refractivity contribution in [1.29, 1.82) is 0 Å². The first-order valence-corrected chi connectivity index (χ1v) is 13.5. The quantitative estimate of drug-likeness (QED) is 0.112. The van der Waals surface area contributed by atoms with Gasteiger partial charge in [-0.2, -0.15) is 0 Å². The predicted octanol–water partition coefficient (Wildman–Crippen LogP) is 7.90. The molecule has 0 N–H and O–H groups in total. The molecule has 0 fully saturated rings. The van der Waals surface area contributed by atoms with Crippen LogP contribution in [0.4, 0.5) is 0 Å². The minimum Gasteiger partial charge on any atom is -0.463 e. The second-order valence-corrected chi connectivity index (χ2v) is 9.34. The van der Waals surface area contributed by atoms with Crippen LogP contribution in [0.2, 0.25) is 0 Å². The molecule has 3 rings (SSSR count). The number of hydrogen-bond donors (Lipinski definition) is 0. The summed E-state index contributed by atoms with van der Waals surface area (Å²) in [4.78, 5) is 22.1. The predicted molar refractivity (Wildman–Crippen MR) is 155 cm³/mol. The Balaban J connectivity index is 1.41. The maximum absolute atomic E-state index is 11.0. The second-order valence-electron chi connectivity index (χ2n) is 9.34. The number of benzene rings is 3. The van der Waals surface area contributed by atoms with Crippen LogP contribution in [0, 0.1) is 0 Å². The van der Waals surface area contributed by atoms with E-state index in [4.69, 9.17) is 9.47 Å². The largest absolute Gasteiger partial charge is 0.463 e. The van der Waals surface area contributed by atoms with Gasteiger partial charge in [0.1, 0.15) is 0 Å². The number of unbranched alkanes of at least 4 members (excludes halogenated alkanes) is 4. The van der Waals surface area contributed by atoms with Gasteiger partial charge in [0.2, 0.25) is 0 Å². The number of esters is 2. The summed E-state index contributed by atoms with van der Waals surface area (Å²) in [6.07, 6.45) is 10.4. The van der Waals surface area contributed by atoms with E-state index >= 15 is 0 Å². The molecule has 38 heavy (non-hydrogen) atoms. The van der Waals surface area contributed by atoms with E-state index in [-0.39, 0.29) is 11.9 Å². The van der Waals surface area contributed by atoms with Gasteiger partial charge < -0.3 is 9.47 Å². The Kier molecular flexibility index (Phi) is 12.1. The van der Waals surface area contributed by atoms with Gasteiger partial charge in [0.05, 0.1) is 13.2 Å². The third-order valence-electron chi connectivity index (χ3n) is 6.50. The van der Waals surface area contributed by atoms with E-state index in [9.17, 15) is 9.59 Å². The molecule has 0 heterocycles. The van der Waals surface area contributed by atoms with E-state index in [2.05, 4.69) is 86.0 Å². The summed E-state index contributed by atoms with van der Waals surface area (Å²) in [7, 11) is 0. The van der Waals surface area contributed by atoms with E-state index < -0.39 is 0 Å². The average molecular weight is 511 g/mol. The van der Waals surface area contributed by atoms with Gasteiger partial charge in [-0.3, -0.25) is 0 Å². The summed E-state index contributed by atoms with van der Waals surface area (Å²) in [6, 6.07) is 26.3. The molecule has 198 valence electrons. The standard InChI is InChI=1S/C34H38O4/c1-3-33(35)37-25-9-5-7-11-27-13-17-29(18-14-27)31-21-23-32(24-22-31)30-19-15-28(16-20-30)12-8-6-10-26-38-34(36)4-2/h3-4,13-24H,1-2,5-12,25-26H2. The highest BCUT2D eigenvalue weighted by atomic mass is 16.5. The van der Waals surface area contributed by atoms with Crippen LogP contribution >= 0.6 is 0 Å². The molecule has 0 spiro atoms. The number of ether oxygens (including phenoxy) is 2. The second kappa shape index (κ2) is 16.0. The van der Waals surface area contributed by atoms with Crippen LogP contribution in [0.3, 0.4) is 0 Å². The lowest BCUT2D eigenvalue weighted by atomic mass is 9.97. The fraction of sp³-hybridized carbons (Fsp3) is 0.294. The number of rotatable bonds is 16. The number of aryl methyl sites for hydroxylation is 2. The lowest BCUT2D eigenvalue weighted by Gasteiger charge is -2.08. The van der Waals surface area contributed by atoms with Crippen molar-refractivity contribution >= 4 is 11.9 Å². The molecule has 0 saturated heterocycles. The van der Waals surface area contributed by atoms with Crippen LogP contribution in [0.25, 0.3) is 22.3 Å². The summed E-state index contributed by atoms with van der Waals surface area (Å²) >= 11 is 0. The molecule has 0 bridgehead atoms. The van der Waals surface area contributed by atoms with Gasteiger partial charge in [-0.15, -0.1) is 0 Å². The molecule has 0 aromatic heterocycles. The van der Waals surface area contributed by atoms with Gasteiger partial charge in [-0.1, -0.05) is 86.0 Å². The van der Waals surface area contributed by atoms with Gasteiger partial charge in [0.15, 0.2) is 0 Å². The van der Waals surface area contributed by atoms with Crippen molar-refractivity contribution in [2.45, 2.75) is 51.4 Å². The smallest absolute Gasteiger partial charge is 0.330 e. The summed E-state index contributed by atoms with van der Waals surface area (Å²) in [5, 5.41) is 0. The minimum absolute atomic E-state index is 0.350. The molecule has 0 aliphatic carbocycles. The molecule has 4 heteroatoms. The normalized spacial score (nSPS) is 10.5. The Morgan fingerprint density at radius 3 is 1.13 bits per heavy atom. The maximum Gasteiger partial charge on any atom is 0.330 e. The lowest BCUT2D eigenvalue weighted by Crippen LogP contribution is -2.01. The topological polar surface area (TPSA) is 52.6 Å². The Bertz CT molecular complexity index is 1060. The Labute approximate surface area is 227 Å². The van der Waals surface area contributed by atoms with E-state index in [0.717, 1.165) is 51.4 Å². The highest BCUT2D eigenvalue weighted by Crippen LogP contribution is 2.26. The average Bonchev–Trinajstić information content (AvgIpc) is 2.97. The van der Waals surface area contributed by atoms with Crippen molar-refractivity contribution in [3.8, 4) is 22.3 Å². The molecular weight excluding hydrogens is 472 g/mol. The molecule has 0 unspecified atom stereocenters. The molecule has 3 aromatic carbocycles. The molecule has 0 amide bonds. The van der Waals surface area contributed by atoms with Crippen molar-refractivity contribution in [2.24, 2.45) is 0 Å². The molecule has 3 aromatic rings. The third kappa shape index (κ3) is 9.85. The number of hydrogen-bond acceptors (Lipinski definition) is 4. The Morgan fingerprint density at radius 1 is 0.500 bits per heavy atom. The van der Waals surface area contributed by atoms with Gasteiger partial charge >= 0.3 is 11.9 Å². The van der Waals surface area contributed by atoms with Gasteiger partial charge in [0, 0.05) is 12.2 Å². The third-order valence-corrected chi connectivity index (χ3v) is 6.50. The van der Waals surface area contributed by atoms with Crippen molar-refractivity contribution < 1.29 is 19.1 Å². The summed E-state index contributed by atoms with van der Waals surface area (Å²) in [5.74, 6) is -0.700. The minimum atomic E-state index is -0.350. The zero-order chi connectivity index (χ0) is 27.0. The van der Waals surface area contributed by atoms with Crippen molar-refractivity contribution in [1.82, 2.24) is 0 Å². The number of carbonyl (C=O) groups excluding carboxylic acids is 2. The highest BCUT2D eigenvalue weighted by Gasteiger charge is 2.03. The highest BCUT2D eigenvalue weighted by molar-refractivity contribution is 5.81. The molecular formula is C34H38O4. The van der Waals surface area contributed by atoms with Crippen LogP contribution in [-0.2, 0) is 31.9 Å².